The zero-order valence-electron chi connectivity index (χ0n) is 8.55. The van der Waals surface area contributed by atoms with Gasteiger partial charge in [-0.1, -0.05) is 0 Å². The van der Waals surface area contributed by atoms with Crippen molar-refractivity contribution < 1.29 is 0 Å². The summed E-state index contributed by atoms with van der Waals surface area (Å²) in [5.41, 5.74) is 9.07. The van der Waals surface area contributed by atoms with E-state index < -0.39 is 0 Å². The van der Waals surface area contributed by atoms with Gasteiger partial charge >= 0.3 is 0 Å². The maximum absolute atomic E-state index is 11.8. The van der Waals surface area contributed by atoms with Gasteiger partial charge in [0, 0.05) is 25.4 Å². The first-order valence-corrected chi connectivity index (χ1v) is 5.14. The minimum Gasteiger partial charge on any atom is -0.326 e. The van der Waals surface area contributed by atoms with Gasteiger partial charge in [0.15, 0.2) is 0 Å². The number of hydrogen-bond acceptors (Lipinski definition) is 2. The summed E-state index contributed by atoms with van der Waals surface area (Å²) in [6.45, 7) is 0.371. The summed E-state index contributed by atoms with van der Waals surface area (Å²) in [5, 5.41) is 0. The van der Waals surface area contributed by atoms with Crippen LogP contribution in [0.5, 0.6) is 0 Å². The van der Waals surface area contributed by atoms with Crippen molar-refractivity contribution in [3.8, 4) is 0 Å². The monoisotopic (exact) mass is 192 g/mol. The third-order valence-corrected chi connectivity index (χ3v) is 3.01. The average molecular weight is 192 g/mol. The SMILES string of the molecule is Cn1cc2c(c(CN)c1=O)CCCC2. The van der Waals surface area contributed by atoms with Crippen molar-refractivity contribution in [2.75, 3.05) is 0 Å². The molecular formula is C11H16N2O. The summed E-state index contributed by atoms with van der Waals surface area (Å²) in [6, 6.07) is 0. The molecule has 76 valence electrons. The zero-order valence-corrected chi connectivity index (χ0v) is 8.55. The van der Waals surface area contributed by atoms with E-state index in [1.165, 1.54) is 24.0 Å². The molecule has 0 radical (unpaired) electrons. The van der Waals surface area contributed by atoms with E-state index in [1.54, 1.807) is 11.6 Å². The van der Waals surface area contributed by atoms with Crippen LogP contribution < -0.4 is 11.3 Å². The number of rotatable bonds is 1. The van der Waals surface area contributed by atoms with Gasteiger partial charge < -0.3 is 10.3 Å². The van der Waals surface area contributed by atoms with Crippen LogP contribution in [0, 0.1) is 0 Å². The van der Waals surface area contributed by atoms with Crippen molar-refractivity contribution in [1.82, 2.24) is 4.57 Å². The molecule has 0 aliphatic heterocycles. The predicted molar refractivity (Wildman–Crippen MR) is 56.2 cm³/mol. The Morgan fingerprint density at radius 3 is 2.86 bits per heavy atom. The summed E-state index contributed by atoms with van der Waals surface area (Å²) in [4.78, 5) is 11.8. The number of fused-ring (bicyclic) bond motifs is 1. The minimum atomic E-state index is 0.0770. The lowest BCUT2D eigenvalue weighted by molar-refractivity contribution is 0.656. The molecule has 2 rings (SSSR count). The van der Waals surface area contributed by atoms with Crippen LogP contribution in [0.1, 0.15) is 29.5 Å². The Hall–Kier alpha value is -1.09. The first kappa shape index (κ1) is 9.46. The summed E-state index contributed by atoms with van der Waals surface area (Å²) in [7, 11) is 1.80. The van der Waals surface area contributed by atoms with E-state index in [1.807, 2.05) is 6.20 Å². The second kappa shape index (κ2) is 3.58. The molecule has 1 aliphatic rings. The molecule has 0 atom stereocenters. The van der Waals surface area contributed by atoms with Gasteiger partial charge in [-0.3, -0.25) is 4.79 Å². The molecular weight excluding hydrogens is 176 g/mol. The van der Waals surface area contributed by atoms with Crippen molar-refractivity contribution in [1.29, 1.82) is 0 Å². The van der Waals surface area contributed by atoms with E-state index in [2.05, 4.69) is 0 Å². The van der Waals surface area contributed by atoms with Gasteiger partial charge in [0.05, 0.1) is 0 Å². The van der Waals surface area contributed by atoms with Gasteiger partial charge in [0.1, 0.15) is 0 Å². The second-order valence-corrected chi connectivity index (χ2v) is 3.94. The standard InChI is InChI=1S/C11H16N2O/c1-13-7-8-4-2-3-5-9(8)10(6-12)11(13)14/h7H,2-6,12H2,1H3. The van der Waals surface area contributed by atoms with Crippen LogP contribution in [0.25, 0.3) is 0 Å². The molecule has 0 bridgehead atoms. The molecule has 0 amide bonds. The van der Waals surface area contributed by atoms with Crippen molar-refractivity contribution in [3.05, 3.63) is 33.2 Å². The fourth-order valence-electron chi connectivity index (χ4n) is 2.26. The van der Waals surface area contributed by atoms with Crippen molar-refractivity contribution in [3.63, 3.8) is 0 Å². The Bertz CT molecular complexity index is 406. The van der Waals surface area contributed by atoms with Gasteiger partial charge in [0.25, 0.3) is 5.56 Å². The molecule has 0 fully saturated rings. The summed E-state index contributed by atoms with van der Waals surface area (Å²) >= 11 is 0. The second-order valence-electron chi connectivity index (χ2n) is 3.94. The molecule has 0 saturated heterocycles. The van der Waals surface area contributed by atoms with Gasteiger partial charge in [0.2, 0.25) is 0 Å². The number of aromatic nitrogens is 1. The minimum absolute atomic E-state index is 0.0770. The number of aryl methyl sites for hydroxylation is 2. The van der Waals surface area contributed by atoms with Gasteiger partial charge in [-0.25, -0.2) is 0 Å². The molecule has 3 heteroatoms. The van der Waals surface area contributed by atoms with Crippen molar-refractivity contribution >= 4 is 0 Å². The summed E-state index contributed by atoms with van der Waals surface area (Å²) in [6.07, 6.45) is 6.51. The highest BCUT2D eigenvalue weighted by Gasteiger charge is 2.16. The van der Waals surface area contributed by atoms with E-state index in [9.17, 15) is 4.79 Å². The van der Waals surface area contributed by atoms with Gasteiger partial charge in [-0.15, -0.1) is 0 Å². The summed E-state index contributed by atoms with van der Waals surface area (Å²) in [5.74, 6) is 0. The number of hydrogen-bond donors (Lipinski definition) is 1. The highest BCUT2D eigenvalue weighted by molar-refractivity contribution is 5.34. The normalized spacial score (nSPS) is 15.3. The van der Waals surface area contributed by atoms with E-state index in [4.69, 9.17) is 5.73 Å². The fraction of sp³-hybridized carbons (Fsp3) is 0.545. The van der Waals surface area contributed by atoms with Crippen LogP contribution in [0.3, 0.4) is 0 Å². The molecule has 0 spiro atoms. The Labute approximate surface area is 83.5 Å². The topological polar surface area (TPSA) is 48.0 Å². The average Bonchev–Trinajstić information content (AvgIpc) is 2.20. The van der Waals surface area contributed by atoms with Crippen LogP contribution in [0.2, 0.25) is 0 Å². The van der Waals surface area contributed by atoms with Crippen LogP contribution in [-0.2, 0) is 26.4 Å². The third-order valence-electron chi connectivity index (χ3n) is 3.01. The van der Waals surface area contributed by atoms with E-state index in [0.717, 1.165) is 18.4 Å². The molecule has 0 unspecified atom stereocenters. The largest absolute Gasteiger partial charge is 0.326 e. The smallest absolute Gasteiger partial charge is 0.255 e. The lowest BCUT2D eigenvalue weighted by Gasteiger charge is -2.19. The maximum atomic E-state index is 11.8. The van der Waals surface area contributed by atoms with Crippen LogP contribution >= 0.6 is 0 Å². The first-order valence-electron chi connectivity index (χ1n) is 5.14. The molecule has 1 aromatic rings. The molecule has 3 nitrogen and oxygen atoms in total. The lowest BCUT2D eigenvalue weighted by Crippen LogP contribution is -2.27. The predicted octanol–water partition coefficient (Wildman–Crippen LogP) is 0.723. The van der Waals surface area contributed by atoms with Crippen molar-refractivity contribution in [2.45, 2.75) is 32.2 Å². The quantitative estimate of drug-likeness (QED) is 0.712. The van der Waals surface area contributed by atoms with E-state index in [0.29, 0.717) is 6.54 Å². The molecule has 1 heterocycles. The highest BCUT2D eigenvalue weighted by atomic mass is 16.1. The Kier molecular flexibility index (Phi) is 2.42. The van der Waals surface area contributed by atoms with E-state index >= 15 is 0 Å². The number of nitrogens with two attached hydrogens (primary N) is 1. The molecule has 0 saturated carbocycles. The maximum Gasteiger partial charge on any atom is 0.255 e. The van der Waals surface area contributed by atoms with Crippen LogP contribution in [0.4, 0.5) is 0 Å². The Morgan fingerprint density at radius 2 is 2.14 bits per heavy atom. The Morgan fingerprint density at radius 1 is 1.43 bits per heavy atom. The van der Waals surface area contributed by atoms with Crippen molar-refractivity contribution in [2.24, 2.45) is 12.8 Å². The molecule has 14 heavy (non-hydrogen) atoms. The summed E-state index contributed by atoms with van der Waals surface area (Å²) < 4.78 is 1.66. The van der Waals surface area contributed by atoms with Gasteiger partial charge in [-0.05, 0) is 36.8 Å². The molecule has 1 aromatic heterocycles. The zero-order chi connectivity index (χ0) is 10.1. The lowest BCUT2D eigenvalue weighted by atomic mass is 9.90. The van der Waals surface area contributed by atoms with Crippen LogP contribution in [-0.4, -0.2) is 4.57 Å². The first-order chi connectivity index (χ1) is 6.74. The molecule has 1 aliphatic carbocycles. The fourth-order valence-corrected chi connectivity index (χ4v) is 2.26. The number of nitrogens with zero attached hydrogens (tertiary/aromatic N) is 1. The molecule has 2 N–H and O–H groups in total. The highest BCUT2D eigenvalue weighted by Crippen LogP contribution is 2.21. The third kappa shape index (κ3) is 1.38. The van der Waals surface area contributed by atoms with Gasteiger partial charge in [-0.2, -0.15) is 0 Å². The number of pyridine rings is 1. The van der Waals surface area contributed by atoms with Crippen LogP contribution in [0.15, 0.2) is 11.0 Å². The Balaban J connectivity index is 2.66. The molecule has 0 aromatic carbocycles. The van der Waals surface area contributed by atoms with E-state index in [-0.39, 0.29) is 5.56 Å².